The third-order valence-corrected chi connectivity index (χ3v) is 14.5. The van der Waals surface area contributed by atoms with E-state index in [1.165, 1.54) is 11.3 Å². The SMILES string of the molecule is CN1CCCC/C=C\[C@@H]2C[C@@]2(C(=O)NS(=O)(=O)C2(C)CC2)NC(=O)[C@@H]2C[C@@H](Oc3nc(-c4ccccc4)sc3-c3ccc(Cl)cc3)CC[C@H]2C1=O. The number of rotatable bonds is 7. The Morgan fingerprint density at radius 3 is 2.51 bits per heavy atom. The summed E-state index contributed by atoms with van der Waals surface area (Å²) in [7, 11) is -2.15. The van der Waals surface area contributed by atoms with Gasteiger partial charge in [-0.05, 0) is 82.4 Å². The molecule has 3 amide bonds. The van der Waals surface area contributed by atoms with Crippen LogP contribution in [0.15, 0.2) is 66.7 Å². The van der Waals surface area contributed by atoms with Gasteiger partial charge >= 0.3 is 0 Å². The van der Waals surface area contributed by atoms with Crippen LogP contribution < -0.4 is 14.8 Å². The fourth-order valence-electron chi connectivity index (χ4n) is 7.20. The first-order chi connectivity index (χ1) is 24.4. The quantitative estimate of drug-likeness (QED) is 0.268. The molecule has 3 saturated carbocycles. The van der Waals surface area contributed by atoms with Gasteiger partial charge in [0, 0.05) is 36.0 Å². The molecule has 4 aliphatic rings. The number of fused-ring (bicyclic) bond motifs is 2. The van der Waals surface area contributed by atoms with Crippen LogP contribution in [0.5, 0.6) is 5.88 Å². The monoisotopic (exact) mass is 750 g/mol. The predicted octanol–water partition coefficient (Wildman–Crippen LogP) is 6.37. The van der Waals surface area contributed by atoms with Crippen molar-refractivity contribution in [1.82, 2.24) is 19.9 Å². The normalized spacial score (nSPS) is 28.3. The molecule has 51 heavy (non-hydrogen) atoms. The zero-order chi connectivity index (χ0) is 36.0. The fourth-order valence-corrected chi connectivity index (χ4v) is 9.65. The van der Waals surface area contributed by atoms with Crippen LogP contribution in [0.25, 0.3) is 21.0 Å². The van der Waals surface area contributed by atoms with E-state index in [0.717, 1.165) is 40.3 Å². The van der Waals surface area contributed by atoms with Crippen LogP contribution in [0, 0.1) is 17.8 Å². The second-order valence-electron chi connectivity index (χ2n) is 14.6. The van der Waals surface area contributed by atoms with Crippen molar-refractivity contribution in [3.05, 3.63) is 71.8 Å². The lowest BCUT2D eigenvalue weighted by molar-refractivity contribution is -0.145. The van der Waals surface area contributed by atoms with Crippen molar-refractivity contribution in [1.29, 1.82) is 0 Å². The molecule has 0 spiro atoms. The molecule has 2 heterocycles. The first-order valence-electron chi connectivity index (χ1n) is 17.7. The van der Waals surface area contributed by atoms with E-state index in [2.05, 4.69) is 10.0 Å². The topological polar surface area (TPSA) is 135 Å². The highest BCUT2D eigenvalue weighted by Crippen LogP contribution is 2.48. The minimum absolute atomic E-state index is 0.113. The Labute approximate surface area is 308 Å². The van der Waals surface area contributed by atoms with Crippen LogP contribution in [-0.4, -0.2) is 66.0 Å². The van der Waals surface area contributed by atoms with Crippen molar-refractivity contribution in [3.63, 3.8) is 0 Å². The number of sulfonamides is 1. The number of amides is 3. The number of hydrogen-bond donors (Lipinski definition) is 2. The minimum atomic E-state index is -3.92. The zero-order valence-corrected chi connectivity index (χ0v) is 31.2. The average Bonchev–Trinajstić information content (AvgIpc) is 4.00. The second kappa shape index (κ2) is 14.0. The first-order valence-corrected chi connectivity index (χ1v) is 20.4. The largest absolute Gasteiger partial charge is 0.473 e. The maximum atomic E-state index is 14.4. The van der Waals surface area contributed by atoms with Crippen molar-refractivity contribution in [2.24, 2.45) is 17.8 Å². The van der Waals surface area contributed by atoms with Crippen LogP contribution in [0.1, 0.15) is 64.7 Å². The summed E-state index contributed by atoms with van der Waals surface area (Å²) in [5.74, 6) is -2.62. The van der Waals surface area contributed by atoms with Gasteiger partial charge in [0.15, 0.2) is 0 Å². The summed E-state index contributed by atoms with van der Waals surface area (Å²) in [6.45, 7) is 2.20. The maximum absolute atomic E-state index is 14.4. The summed E-state index contributed by atoms with van der Waals surface area (Å²) in [6.07, 6.45) is 8.27. The molecule has 270 valence electrons. The van der Waals surface area contributed by atoms with E-state index < -0.39 is 50.1 Å². The van der Waals surface area contributed by atoms with Gasteiger partial charge in [-0.25, -0.2) is 13.4 Å². The Kier molecular flexibility index (Phi) is 9.79. The lowest BCUT2D eigenvalue weighted by Gasteiger charge is -2.37. The number of hydrogen-bond acceptors (Lipinski definition) is 8. The molecule has 10 nitrogen and oxygen atoms in total. The van der Waals surface area contributed by atoms with Gasteiger partial charge in [0.25, 0.3) is 5.91 Å². The Bertz CT molecular complexity index is 1950. The maximum Gasteiger partial charge on any atom is 0.259 e. The Hall–Kier alpha value is -3.74. The molecule has 0 unspecified atom stereocenters. The molecular weight excluding hydrogens is 708 g/mol. The number of allylic oxidation sites excluding steroid dienone is 1. The van der Waals surface area contributed by atoms with Crippen LogP contribution >= 0.6 is 22.9 Å². The van der Waals surface area contributed by atoms with E-state index in [0.29, 0.717) is 43.1 Å². The molecule has 0 saturated heterocycles. The van der Waals surface area contributed by atoms with Crippen LogP contribution in [0.2, 0.25) is 5.02 Å². The molecule has 3 aromatic rings. The van der Waals surface area contributed by atoms with E-state index in [-0.39, 0.29) is 24.7 Å². The van der Waals surface area contributed by atoms with Crippen molar-refractivity contribution >= 4 is 50.7 Å². The van der Waals surface area contributed by atoms with Gasteiger partial charge in [-0.1, -0.05) is 66.2 Å². The lowest BCUT2D eigenvalue weighted by atomic mass is 9.76. The molecule has 0 bridgehead atoms. The van der Waals surface area contributed by atoms with E-state index >= 15 is 0 Å². The van der Waals surface area contributed by atoms with Gasteiger partial charge in [0.05, 0.1) is 15.5 Å². The molecule has 5 atom stereocenters. The highest BCUT2D eigenvalue weighted by Gasteiger charge is 2.63. The highest BCUT2D eigenvalue weighted by molar-refractivity contribution is 7.91. The van der Waals surface area contributed by atoms with Crippen LogP contribution in [0.4, 0.5) is 0 Å². The van der Waals surface area contributed by atoms with Crippen molar-refractivity contribution < 1.29 is 27.5 Å². The molecule has 13 heteroatoms. The smallest absolute Gasteiger partial charge is 0.259 e. The number of benzene rings is 2. The highest BCUT2D eigenvalue weighted by atomic mass is 35.5. The van der Waals surface area contributed by atoms with Gasteiger partial charge in [0.1, 0.15) is 16.7 Å². The molecule has 7 rings (SSSR count). The van der Waals surface area contributed by atoms with Crippen LogP contribution in [0.3, 0.4) is 0 Å². The van der Waals surface area contributed by atoms with Gasteiger partial charge in [0.2, 0.25) is 27.7 Å². The number of halogens is 1. The van der Waals surface area contributed by atoms with Crippen molar-refractivity contribution in [3.8, 4) is 26.9 Å². The first kappa shape index (κ1) is 35.7. The van der Waals surface area contributed by atoms with Gasteiger partial charge in [-0.15, -0.1) is 11.3 Å². The molecular formula is C38H43ClN4O6S2. The van der Waals surface area contributed by atoms with Crippen molar-refractivity contribution in [2.45, 2.75) is 81.1 Å². The number of ether oxygens (including phenoxy) is 1. The van der Waals surface area contributed by atoms with Gasteiger partial charge in [-0.2, -0.15) is 0 Å². The molecule has 1 aromatic heterocycles. The summed E-state index contributed by atoms with van der Waals surface area (Å²) >= 11 is 7.71. The number of nitrogens with zero attached hydrogens (tertiary/aromatic N) is 2. The Balaban J connectivity index is 1.18. The predicted molar refractivity (Wildman–Crippen MR) is 198 cm³/mol. The molecule has 3 aliphatic carbocycles. The van der Waals surface area contributed by atoms with Gasteiger partial charge < -0.3 is 15.0 Å². The second-order valence-corrected chi connectivity index (χ2v) is 18.3. The van der Waals surface area contributed by atoms with E-state index in [9.17, 15) is 22.8 Å². The van der Waals surface area contributed by atoms with Crippen molar-refractivity contribution in [2.75, 3.05) is 13.6 Å². The number of nitrogens with one attached hydrogen (secondary N) is 2. The molecule has 1 aliphatic heterocycles. The van der Waals surface area contributed by atoms with E-state index in [1.54, 1.807) is 18.9 Å². The third kappa shape index (κ3) is 7.32. The number of carbonyl (C=O) groups excluding carboxylic acids is 3. The average molecular weight is 751 g/mol. The summed E-state index contributed by atoms with van der Waals surface area (Å²) in [5.41, 5.74) is 0.431. The third-order valence-electron chi connectivity index (χ3n) is 10.9. The van der Waals surface area contributed by atoms with Crippen LogP contribution in [-0.2, 0) is 24.4 Å². The molecule has 2 aromatic carbocycles. The molecule has 3 fully saturated rings. The van der Waals surface area contributed by atoms with Gasteiger partial charge in [-0.3, -0.25) is 19.1 Å². The number of aromatic nitrogens is 1. The van der Waals surface area contributed by atoms with E-state index in [1.807, 2.05) is 66.7 Å². The minimum Gasteiger partial charge on any atom is -0.473 e. The summed E-state index contributed by atoms with van der Waals surface area (Å²) in [6, 6.07) is 17.3. The Morgan fingerprint density at radius 2 is 1.78 bits per heavy atom. The lowest BCUT2D eigenvalue weighted by Crippen LogP contribution is -2.56. The van der Waals surface area contributed by atoms with E-state index in [4.69, 9.17) is 21.3 Å². The Morgan fingerprint density at radius 1 is 1.04 bits per heavy atom. The number of carbonyl (C=O) groups is 3. The number of thiazole rings is 1. The zero-order valence-electron chi connectivity index (χ0n) is 28.8. The summed E-state index contributed by atoms with van der Waals surface area (Å²) in [4.78, 5) is 49.5. The standard InChI is InChI=1S/C38H43ClN4O6S2/c1-37(19-20-37)51(47,48)42-36(46)38-23-26(38)12-8-3-4-9-21-43(2)35(45)29-18-17-28(22-30(29)32(44)41-38)49-33-31(24-13-15-27(39)16-14-24)50-34(40-33)25-10-6-5-7-11-25/h5-8,10-16,26,28-30H,3-4,9,17-23H2,1-2H3,(H,41,44)(H,42,46)/b12-8-/t26-,28+,29-,30-,38-/m1/s1. The summed E-state index contributed by atoms with van der Waals surface area (Å²) < 4.78 is 34.2. The molecule has 0 radical (unpaired) electrons. The summed E-state index contributed by atoms with van der Waals surface area (Å²) in [5, 5.41) is 4.38. The molecule has 2 N–H and O–H groups in total. The fraction of sp³-hybridized carbons (Fsp3) is 0.474.